The van der Waals surface area contributed by atoms with Crippen LogP contribution in [0, 0.1) is 0 Å². The van der Waals surface area contributed by atoms with Crippen molar-refractivity contribution in [3.8, 4) is 21.8 Å². The monoisotopic (exact) mass is 414 g/mol. The highest BCUT2D eigenvalue weighted by molar-refractivity contribution is 7.17. The Labute approximate surface area is 177 Å². The number of benzene rings is 3. The SMILES string of the molecule is NC(=O)Nc1cccc(NC(=O)c2sc(-c3ccccc3)nc2-c2ccccc2)c1. The van der Waals surface area contributed by atoms with Crippen molar-refractivity contribution < 1.29 is 9.59 Å². The summed E-state index contributed by atoms with van der Waals surface area (Å²) in [6, 6.07) is 25.5. The van der Waals surface area contributed by atoms with E-state index in [0.29, 0.717) is 21.9 Å². The number of anilines is 2. The van der Waals surface area contributed by atoms with Gasteiger partial charge in [-0.2, -0.15) is 0 Å². The zero-order valence-corrected chi connectivity index (χ0v) is 16.6. The molecule has 30 heavy (non-hydrogen) atoms. The van der Waals surface area contributed by atoms with Crippen molar-refractivity contribution in [2.75, 3.05) is 10.6 Å². The van der Waals surface area contributed by atoms with E-state index < -0.39 is 6.03 Å². The molecule has 0 aliphatic rings. The van der Waals surface area contributed by atoms with Crippen LogP contribution in [0.5, 0.6) is 0 Å². The first kappa shape index (κ1) is 19.4. The Kier molecular flexibility index (Phi) is 5.54. The molecule has 3 aromatic carbocycles. The summed E-state index contributed by atoms with van der Waals surface area (Å²) in [4.78, 5) is 29.5. The zero-order valence-electron chi connectivity index (χ0n) is 15.8. The standard InChI is InChI=1S/C23H18N4O2S/c24-23(29)26-18-13-7-12-17(14-18)25-21(28)20-19(15-8-3-1-4-9-15)27-22(30-20)16-10-5-2-6-11-16/h1-14H,(H,25,28)(H3,24,26,29). The lowest BCUT2D eigenvalue weighted by atomic mass is 10.1. The Bertz CT molecular complexity index is 1190. The maximum absolute atomic E-state index is 13.1. The number of nitrogens with zero attached hydrogens (tertiary/aromatic N) is 1. The third-order valence-electron chi connectivity index (χ3n) is 4.29. The van der Waals surface area contributed by atoms with E-state index >= 15 is 0 Å². The van der Waals surface area contributed by atoms with Gasteiger partial charge in [-0.1, -0.05) is 66.7 Å². The summed E-state index contributed by atoms with van der Waals surface area (Å²) >= 11 is 1.34. The second kappa shape index (κ2) is 8.59. The van der Waals surface area contributed by atoms with E-state index in [-0.39, 0.29) is 5.91 Å². The normalized spacial score (nSPS) is 10.4. The number of carbonyl (C=O) groups excluding carboxylic acids is 2. The van der Waals surface area contributed by atoms with Crippen LogP contribution in [0.25, 0.3) is 21.8 Å². The van der Waals surface area contributed by atoms with Gasteiger partial charge in [-0.25, -0.2) is 9.78 Å². The Balaban J connectivity index is 1.69. The highest BCUT2D eigenvalue weighted by Crippen LogP contribution is 2.34. The molecule has 0 radical (unpaired) electrons. The number of urea groups is 1. The summed E-state index contributed by atoms with van der Waals surface area (Å²) in [7, 11) is 0. The Morgan fingerprint density at radius 3 is 2.00 bits per heavy atom. The van der Waals surface area contributed by atoms with Gasteiger partial charge in [-0.15, -0.1) is 11.3 Å². The van der Waals surface area contributed by atoms with Crippen molar-refractivity contribution in [3.05, 3.63) is 89.8 Å². The van der Waals surface area contributed by atoms with E-state index in [1.807, 2.05) is 60.7 Å². The number of primary amides is 1. The van der Waals surface area contributed by atoms with E-state index in [9.17, 15) is 9.59 Å². The Morgan fingerprint density at radius 1 is 0.767 bits per heavy atom. The third kappa shape index (κ3) is 4.37. The molecule has 4 aromatic rings. The molecular weight excluding hydrogens is 396 g/mol. The molecule has 1 aromatic heterocycles. The van der Waals surface area contributed by atoms with Gasteiger partial charge in [0.05, 0.1) is 5.69 Å². The van der Waals surface area contributed by atoms with Gasteiger partial charge < -0.3 is 16.4 Å². The van der Waals surface area contributed by atoms with Gasteiger partial charge in [0.1, 0.15) is 9.88 Å². The van der Waals surface area contributed by atoms with E-state index in [1.54, 1.807) is 24.3 Å². The largest absolute Gasteiger partial charge is 0.351 e. The van der Waals surface area contributed by atoms with Crippen LogP contribution in [0.1, 0.15) is 9.67 Å². The topological polar surface area (TPSA) is 97.1 Å². The van der Waals surface area contributed by atoms with Gasteiger partial charge in [0, 0.05) is 22.5 Å². The van der Waals surface area contributed by atoms with Gasteiger partial charge in [-0.05, 0) is 18.2 Å². The molecule has 1 heterocycles. The fraction of sp³-hybridized carbons (Fsp3) is 0. The maximum atomic E-state index is 13.1. The number of rotatable bonds is 5. The number of aromatic nitrogens is 1. The van der Waals surface area contributed by atoms with Gasteiger partial charge in [0.2, 0.25) is 0 Å². The summed E-state index contributed by atoms with van der Waals surface area (Å²) in [5.41, 5.74) is 8.65. The minimum atomic E-state index is -0.667. The number of thiazole rings is 1. The van der Waals surface area contributed by atoms with Gasteiger partial charge in [0.25, 0.3) is 5.91 Å². The first-order chi connectivity index (χ1) is 14.6. The Hall–Kier alpha value is -3.97. The van der Waals surface area contributed by atoms with Gasteiger partial charge in [-0.3, -0.25) is 4.79 Å². The van der Waals surface area contributed by atoms with Crippen molar-refractivity contribution in [3.63, 3.8) is 0 Å². The molecule has 0 saturated carbocycles. The molecular formula is C23H18N4O2S. The van der Waals surface area contributed by atoms with Crippen LogP contribution in [0.15, 0.2) is 84.9 Å². The average Bonchev–Trinajstić information content (AvgIpc) is 3.21. The van der Waals surface area contributed by atoms with Crippen LogP contribution in [0.3, 0.4) is 0 Å². The smallest absolute Gasteiger partial charge is 0.316 e. The minimum Gasteiger partial charge on any atom is -0.351 e. The number of amides is 3. The molecule has 0 atom stereocenters. The van der Waals surface area contributed by atoms with E-state index in [0.717, 1.165) is 16.1 Å². The molecule has 0 aliphatic carbocycles. The molecule has 0 saturated heterocycles. The lowest BCUT2D eigenvalue weighted by Gasteiger charge is -2.08. The molecule has 6 nitrogen and oxygen atoms in total. The molecule has 0 aliphatic heterocycles. The van der Waals surface area contributed by atoms with Crippen LogP contribution < -0.4 is 16.4 Å². The highest BCUT2D eigenvalue weighted by Gasteiger charge is 2.20. The molecule has 3 amide bonds. The van der Waals surface area contributed by atoms with Crippen molar-refractivity contribution in [1.82, 2.24) is 4.98 Å². The fourth-order valence-corrected chi connectivity index (χ4v) is 3.96. The van der Waals surface area contributed by atoms with E-state index in [4.69, 9.17) is 10.7 Å². The first-order valence-electron chi connectivity index (χ1n) is 9.20. The second-order valence-electron chi connectivity index (χ2n) is 6.45. The maximum Gasteiger partial charge on any atom is 0.316 e. The van der Waals surface area contributed by atoms with Crippen molar-refractivity contribution in [2.24, 2.45) is 5.73 Å². The van der Waals surface area contributed by atoms with Crippen molar-refractivity contribution >= 4 is 34.6 Å². The van der Waals surface area contributed by atoms with Crippen LogP contribution in [-0.2, 0) is 0 Å². The molecule has 0 unspecified atom stereocenters. The average molecular weight is 414 g/mol. The number of hydrogen-bond acceptors (Lipinski definition) is 4. The highest BCUT2D eigenvalue weighted by atomic mass is 32.1. The summed E-state index contributed by atoms with van der Waals surface area (Å²) in [6.45, 7) is 0. The summed E-state index contributed by atoms with van der Waals surface area (Å²) < 4.78 is 0. The van der Waals surface area contributed by atoms with Crippen LogP contribution in [0.2, 0.25) is 0 Å². The summed E-state index contributed by atoms with van der Waals surface area (Å²) in [5, 5.41) is 6.15. The number of nitrogens with one attached hydrogen (secondary N) is 2. The zero-order chi connectivity index (χ0) is 20.9. The summed E-state index contributed by atoms with van der Waals surface area (Å²) in [5.74, 6) is -0.273. The van der Waals surface area contributed by atoms with Crippen molar-refractivity contribution in [1.29, 1.82) is 0 Å². The third-order valence-corrected chi connectivity index (χ3v) is 5.39. The van der Waals surface area contributed by atoms with Crippen LogP contribution in [-0.4, -0.2) is 16.9 Å². The van der Waals surface area contributed by atoms with Gasteiger partial charge in [0.15, 0.2) is 0 Å². The predicted octanol–water partition coefficient (Wildman–Crippen LogP) is 5.22. The quantitative estimate of drug-likeness (QED) is 0.418. The number of carbonyl (C=O) groups is 2. The molecule has 148 valence electrons. The minimum absolute atomic E-state index is 0.273. The summed E-state index contributed by atoms with van der Waals surface area (Å²) in [6.07, 6.45) is 0. The fourth-order valence-electron chi connectivity index (χ4n) is 2.97. The second-order valence-corrected chi connectivity index (χ2v) is 7.45. The first-order valence-corrected chi connectivity index (χ1v) is 10.0. The molecule has 4 N–H and O–H groups in total. The van der Waals surface area contributed by atoms with E-state index in [1.165, 1.54) is 11.3 Å². The lowest BCUT2D eigenvalue weighted by Crippen LogP contribution is -2.19. The Morgan fingerprint density at radius 2 is 1.37 bits per heavy atom. The molecule has 0 bridgehead atoms. The molecule has 7 heteroatoms. The molecule has 4 rings (SSSR count). The van der Waals surface area contributed by atoms with Crippen molar-refractivity contribution in [2.45, 2.75) is 0 Å². The predicted molar refractivity (Wildman–Crippen MR) is 121 cm³/mol. The molecule has 0 spiro atoms. The van der Waals surface area contributed by atoms with Crippen LogP contribution in [0.4, 0.5) is 16.2 Å². The number of hydrogen-bond donors (Lipinski definition) is 3. The number of nitrogens with two attached hydrogens (primary N) is 1. The lowest BCUT2D eigenvalue weighted by molar-refractivity contribution is 0.103. The van der Waals surface area contributed by atoms with E-state index in [2.05, 4.69) is 10.6 Å². The molecule has 0 fully saturated rings. The van der Waals surface area contributed by atoms with Crippen LogP contribution >= 0.6 is 11.3 Å². The van der Waals surface area contributed by atoms with Gasteiger partial charge >= 0.3 is 6.03 Å².